The molecule has 4 nitrogen and oxygen atoms in total. The number of carbonyl (C=O) groups is 1. The summed E-state index contributed by atoms with van der Waals surface area (Å²) in [5.41, 5.74) is 1.63. The van der Waals surface area contributed by atoms with E-state index in [1.807, 2.05) is 36.6 Å². The lowest BCUT2D eigenvalue weighted by Crippen LogP contribution is -2.49. The zero-order valence-electron chi connectivity index (χ0n) is 13.6. The van der Waals surface area contributed by atoms with Crippen molar-refractivity contribution in [1.29, 1.82) is 0 Å². The average molecular weight is 330 g/mol. The van der Waals surface area contributed by atoms with Crippen LogP contribution in [0.4, 0.5) is 0 Å². The molecule has 1 fully saturated rings. The van der Waals surface area contributed by atoms with Crippen LogP contribution in [0.2, 0.25) is 0 Å². The van der Waals surface area contributed by atoms with Gasteiger partial charge < -0.3 is 10.1 Å². The summed E-state index contributed by atoms with van der Waals surface area (Å²) in [5, 5.41) is 6.22. The van der Waals surface area contributed by atoms with Gasteiger partial charge in [0.2, 0.25) is 5.91 Å². The maximum atomic E-state index is 12.8. The highest BCUT2D eigenvalue weighted by atomic mass is 32.1. The molecule has 0 bridgehead atoms. The van der Waals surface area contributed by atoms with Crippen LogP contribution in [0.1, 0.15) is 35.5 Å². The third-order valence-corrected chi connectivity index (χ3v) is 5.58. The van der Waals surface area contributed by atoms with Gasteiger partial charge in [0.05, 0.1) is 17.5 Å². The van der Waals surface area contributed by atoms with Gasteiger partial charge in [-0.1, -0.05) is 24.6 Å². The molecule has 1 N–H and O–H groups in total. The molecule has 23 heavy (non-hydrogen) atoms. The highest BCUT2D eigenvalue weighted by Gasteiger charge is 2.47. The van der Waals surface area contributed by atoms with E-state index in [1.54, 1.807) is 18.4 Å². The first-order valence-corrected chi connectivity index (χ1v) is 8.86. The van der Waals surface area contributed by atoms with Crippen molar-refractivity contribution in [2.24, 2.45) is 0 Å². The Morgan fingerprint density at radius 3 is 2.78 bits per heavy atom. The number of methoxy groups -OCH3 is 1. The van der Waals surface area contributed by atoms with Crippen LogP contribution < -0.4 is 10.1 Å². The van der Waals surface area contributed by atoms with Gasteiger partial charge in [0.1, 0.15) is 5.75 Å². The van der Waals surface area contributed by atoms with Crippen LogP contribution in [-0.4, -0.2) is 24.5 Å². The number of aryl methyl sites for hydroxylation is 1. The summed E-state index contributed by atoms with van der Waals surface area (Å²) in [6, 6.07) is 7.86. The molecular weight excluding hydrogens is 308 g/mol. The number of aromatic nitrogens is 1. The van der Waals surface area contributed by atoms with Gasteiger partial charge in [-0.05, 0) is 25.8 Å². The second-order valence-corrected chi connectivity index (χ2v) is 6.97. The molecule has 1 aromatic carbocycles. The summed E-state index contributed by atoms with van der Waals surface area (Å²) in [4.78, 5) is 17.3. The van der Waals surface area contributed by atoms with Gasteiger partial charge in [0.15, 0.2) is 0 Å². The predicted octanol–water partition coefficient (Wildman–Crippen LogP) is 3.24. The molecule has 0 saturated heterocycles. The average Bonchev–Trinajstić information content (AvgIpc) is 2.92. The minimum atomic E-state index is -0.425. The molecule has 0 radical (unpaired) electrons. The summed E-state index contributed by atoms with van der Waals surface area (Å²) in [6.45, 7) is 2.62. The van der Waals surface area contributed by atoms with Gasteiger partial charge >= 0.3 is 0 Å². The van der Waals surface area contributed by atoms with E-state index in [1.165, 1.54) is 0 Å². The Hall–Kier alpha value is -1.88. The van der Waals surface area contributed by atoms with E-state index in [0.717, 1.165) is 47.7 Å². The van der Waals surface area contributed by atoms with Crippen molar-refractivity contribution in [2.45, 2.75) is 38.0 Å². The van der Waals surface area contributed by atoms with Crippen LogP contribution in [0.3, 0.4) is 0 Å². The van der Waals surface area contributed by atoms with Gasteiger partial charge in [0.25, 0.3) is 0 Å². The van der Waals surface area contributed by atoms with Crippen LogP contribution >= 0.6 is 11.3 Å². The topological polar surface area (TPSA) is 51.2 Å². The summed E-state index contributed by atoms with van der Waals surface area (Å²) in [7, 11) is 1.66. The number of nitrogens with zero attached hydrogens (tertiary/aromatic N) is 1. The largest absolute Gasteiger partial charge is 0.496 e. The van der Waals surface area contributed by atoms with E-state index >= 15 is 0 Å². The molecule has 122 valence electrons. The minimum Gasteiger partial charge on any atom is -0.496 e. The van der Waals surface area contributed by atoms with Crippen molar-refractivity contribution in [3.05, 3.63) is 45.9 Å². The molecule has 1 saturated carbocycles. The SMILES string of the molecule is COc1ccccc1C1(C(=O)NCCc2nc(C)cs2)CCC1. The van der Waals surface area contributed by atoms with Gasteiger partial charge in [-0.2, -0.15) is 0 Å². The van der Waals surface area contributed by atoms with Crippen molar-refractivity contribution >= 4 is 17.2 Å². The lowest BCUT2D eigenvalue weighted by Gasteiger charge is -2.41. The third kappa shape index (κ3) is 3.11. The molecule has 1 aliphatic rings. The Morgan fingerprint density at radius 1 is 1.39 bits per heavy atom. The molecule has 0 spiro atoms. The number of para-hydroxylation sites is 1. The maximum Gasteiger partial charge on any atom is 0.230 e. The van der Waals surface area contributed by atoms with E-state index in [-0.39, 0.29) is 5.91 Å². The minimum absolute atomic E-state index is 0.113. The van der Waals surface area contributed by atoms with E-state index < -0.39 is 5.41 Å². The van der Waals surface area contributed by atoms with Gasteiger partial charge in [-0.15, -0.1) is 11.3 Å². The number of hydrogen-bond donors (Lipinski definition) is 1. The first-order valence-electron chi connectivity index (χ1n) is 7.98. The Labute approximate surface area is 140 Å². The molecule has 0 aliphatic heterocycles. The summed E-state index contributed by atoms with van der Waals surface area (Å²) < 4.78 is 5.47. The van der Waals surface area contributed by atoms with E-state index in [0.29, 0.717) is 6.54 Å². The number of rotatable bonds is 6. The van der Waals surface area contributed by atoms with Crippen molar-refractivity contribution in [3.8, 4) is 5.75 Å². The molecule has 2 aromatic rings. The molecule has 1 amide bonds. The third-order valence-electron chi connectivity index (χ3n) is 4.56. The van der Waals surface area contributed by atoms with E-state index in [4.69, 9.17) is 4.74 Å². The molecule has 5 heteroatoms. The second kappa shape index (κ2) is 6.71. The van der Waals surface area contributed by atoms with Crippen LogP contribution in [-0.2, 0) is 16.6 Å². The number of benzene rings is 1. The van der Waals surface area contributed by atoms with Crippen LogP contribution in [0.5, 0.6) is 5.75 Å². The number of thiazole rings is 1. The number of hydrogen-bond acceptors (Lipinski definition) is 4. The van der Waals surface area contributed by atoms with E-state index in [2.05, 4.69) is 10.3 Å². The normalized spacial score (nSPS) is 15.7. The Kier molecular flexibility index (Phi) is 4.66. The first kappa shape index (κ1) is 16.0. The Morgan fingerprint density at radius 2 is 2.17 bits per heavy atom. The number of amides is 1. The molecule has 0 atom stereocenters. The molecule has 1 aliphatic carbocycles. The molecular formula is C18H22N2O2S. The van der Waals surface area contributed by atoms with Crippen LogP contribution in [0, 0.1) is 6.92 Å². The fourth-order valence-corrected chi connectivity index (χ4v) is 3.93. The van der Waals surface area contributed by atoms with Gasteiger partial charge in [0, 0.05) is 29.6 Å². The van der Waals surface area contributed by atoms with Crippen molar-refractivity contribution < 1.29 is 9.53 Å². The predicted molar refractivity (Wildman–Crippen MR) is 92.1 cm³/mol. The molecule has 1 aromatic heterocycles. The van der Waals surface area contributed by atoms with Crippen LogP contribution in [0.15, 0.2) is 29.6 Å². The molecule has 1 heterocycles. The second-order valence-electron chi connectivity index (χ2n) is 6.02. The number of carbonyl (C=O) groups excluding carboxylic acids is 1. The lowest BCUT2D eigenvalue weighted by molar-refractivity contribution is -0.129. The first-order chi connectivity index (χ1) is 11.2. The van der Waals surface area contributed by atoms with Crippen molar-refractivity contribution in [1.82, 2.24) is 10.3 Å². The molecule has 3 rings (SSSR count). The number of nitrogens with one attached hydrogen (secondary N) is 1. The Bertz CT molecular complexity index is 692. The van der Waals surface area contributed by atoms with Crippen LogP contribution in [0.25, 0.3) is 0 Å². The smallest absolute Gasteiger partial charge is 0.230 e. The zero-order chi connectivity index (χ0) is 16.3. The lowest BCUT2D eigenvalue weighted by atomic mass is 9.63. The fraction of sp³-hybridized carbons (Fsp3) is 0.444. The van der Waals surface area contributed by atoms with Crippen molar-refractivity contribution in [2.75, 3.05) is 13.7 Å². The quantitative estimate of drug-likeness (QED) is 0.884. The maximum absolute atomic E-state index is 12.8. The zero-order valence-corrected chi connectivity index (χ0v) is 14.4. The summed E-state index contributed by atoms with van der Waals surface area (Å²) in [6.07, 6.45) is 3.63. The fourth-order valence-electron chi connectivity index (χ4n) is 3.16. The highest BCUT2D eigenvalue weighted by Crippen LogP contribution is 2.47. The van der Waals surface area contributed by atoms with Gasteiger partial charge in [-0.3, -0.25) is 4.79 Å². The van der Waals surface area contributed by atoms with Crippen molar-refractivity contribution in [3.63, 3.8) is 0 Å². The molecule has 0 unspecified atom stereocenters. The summed E-state index contributed by atoms with van der Waals surface area (Å²) >= 11 is 1.65. The van der Waals surface area contributed by atoms with E-state index in [9.17, 15) is 4.79 Å². The highest BCUT2D eigenvalue weighted by molar-refractivity contribution is 7.09. The summed E-state index contributed by atoms with van der Waals surface area (Å²) in [5.74, 6) is 0.916. The van der Waals surface area contributed by atoms with Gasteiger partial charge in [-0.25, -0.2) is 4.98 Å². The monoisotopic (exact) mass is 330 g/mol. The number of ether oxygens (including phenoxy) is 1. The Balaban J connectivity index is 1.68. The standard InChI is InChI=1S/C18H22N2O2S/c1-13-12-23-16(20-13)8-11-19-17(21)18(9-5-10-18)14-6-3-4-7-15(14)22-2/h3-4,6-7,12H,5,8-11H2,1-2H3,(H,19,21).